The average Bonchev–Trinajstić information content (AvgIpc) is 2.82. The highest BCUT2D eigenvalue weighted by atomic mass is 35.5. The minimum atomic E-state index is -0.337. The molecule has 0 aliphatic carbocycles. The van der Waals surface area contributed by atoms with Crippen LogP contribution in [0.1, 0.15) is 21.5 Å². The number of nitriles is 1. The number of benzene rings is 3. The van der Waals surface area contributed by atoms with Crippen molar-refractivity contribution in [3.05, 3.63) is 123 Å². The first-order valence-electron chi connectivity index (χ1n) is 9.90. The van der Waals surface area contributed by atoms with Gasteiger partial charge in [-0.25, -0.2) is 0 Å². The SMILES string of the molecule is N#Cc1ccccc1-c1ccccc1C(=O)Nc1ccc(=O)n(Cc2ccccc2Cl)c1. The van der Waals surface area contributed by atoms with Crippen molar-refractivity contribution in [1.29, 1.82) is 5.26 Å². The number of rotatable bonds is 5. The number of nitrogens with zero attached hydrogens (tertiary/aromatic N) is 2. The Balaban J connectivity index is 1.64. The zero-order chi connectivity index (χ0) is 22.5. The van der Waals surface area contributed by atoms with Gasteiger partial charge in [0.25, 0.3) is 11.5 Å². The summed E-state index contributed by atoms with van der Waals surface area (Å²) in [6.45, 7) is 0.286. The normalized spacial score (nSPS) is 10.4. The highest BCUT2D eigenvalue weighted by Crippen LogP contribution is 2.27. The Kier molecular flexibility index (Phi) is 6.16. The molecule has 0 atom stereocenters. The second-order valence-corrected chi connectivity index (χ2v) is 7.54. The third-order valence-electron chi connectivity index (χ3n) is 5.05. The fourth-order valence-corrected chi connectivity index (χ4v) is 3.66. The molecule has 0 radical (unpaired) electrons. The van der Waals surface area contributed by atoms with Crippen LogP contribution in [-0.2, 0) is 6.54 Å². The van der Waals surface area contributed by atoms with Gasteiger partial charge >= 0.3 is 0 Å². The van der Waals surface area contributed by atoms with Crippen LogP contribution in [0.3, 0.4) is 0 Å². The molecule has 32 heavy (non-hydrogen) atoms. The van der Waals surface area contributed by atoms with Gasteiger partial charge in [-0.15, -0.1) is 0 Å². The van der Waals surface area contributed by atoms with Gasteiger partial charge < -0.3 is 9.88 Å². The Hall–Kier alpha value is -4.14. The molecule has 0 spiro atoms. The topological polar surface area (TPSA) is 74.9 Å². The molecule has 0 aliphatic rings. The quantitative estimate of drug-likeness (QED) is 0.456. The minimum Gasteiger partial charge on any atom is -0.321 e. The highest BCUT2D eigenvalue weighted by Gasteiger charge is 2.15. The van der Waals surface area contributed by atoms with E-state index in [-0.39, 0.29) is 18.0 Å². The molecule has 3 aromatic carbocycles. The van der Waals surface area contributed by atoms with Crippen molar-refractivity contribution in [3.8, 4) is 17.2 Å². The summed E-state index contributed by atoms with van der Waals surface area (Å²) in [6.07, 6.45) is 1.59. The second-order valence-electron chi connectivity index (χ2n) is 7.13. The summed E-state index contributed by atoms with van der Waals surface area (Å²) < 4.78 is 1.49. The lowest BCUT2D eigenvalue weighted by Gasteiger charge is -2.13. The number of nitrogens with one attached hydrogen (secondary N) is 1. The Morgan fingerprint density at radius 2 is 1.59 bits per heavy atom. The van der Waals surface area contributed by atoms with E-state index < -0.39 is 0 Å². The summed E-state index contributed by atoms with van der Waals surface area (Å²) in [5, 5.41) is 12.9. The van der Waals surface area contributed by atoms with Crippen LogP contribution in [0.2, 0.25) is 5.02 Å². The van der Waals surface area contributed by atoms with Gasteiger partial charge in [0.15, 0.2) is 0 Å². The van der Waals surface area contributed by atoms with Crippen LogP contribution < -0.4 is 10.9 Å². The number of halogens is 1. The zero-order valence-corrected chi connectivity index (χ0v) is 17.7. The molecule has 4 rings (SSSR count). The van der Waals surface area contributed by atoms with Crippen LogP contribution >= 0.6 is 11.6 Å². The van der Waals surface area contributed by atoms with Crippen LogP contribution in [-0.4, -0.2) is 10.5 Å². The molecule has 5 nitrogen and oxygen atoms in total. The van der Waals surface area contributed by atoms with Gasteiger partial charge in [0.05, 0.1) is 23.9 Å². The van der Waals surface area contributed by atoms with Crippen molar-refractivity contribution < 1.29 is 4.79 Å². The summed E-state index contributed by atoms with van der Waals surface area (Å²) in [7, 11) is 0. The van der Waals surface area contributed by atoms with Crippen molar-refractivity contribution in [2.24, 2.45) is 0 Å². The summed E-state index contributed by atoms with van der Waals surface area (Å²) >= 11 is 6.22. The maximum Gasteiger partial charge on any atom is 0.256 e. The van der Waals surface area contributed by atoms with Crippen molar-refractivity contribution in [1.82, 2.24) is 4.57 Å². The van der Waals surface area contributed by atoms with E-state index in [0.29, 0.717) is 33.0 Å². The van der Waals surface area contributed by atoms with E-state index in [0.717, 1.165) is 5.56 Å². The van der Waals surface area contributed by atoms with Gasteiger partial charge in [0.2, 0.25) is 0 Å². The average molecular weight is 440 g/mol. The number of carbonyl (C=O) groups excluding carboxylic acids is 1. The molecule has 1 heterocycles. The number of aromatic nitrogens is 1. The molecular formula is C26H18ClN3O2. The molecule has 4 aromatic rings. The standard InChI is InChI=1S/C26H18ClN3O2/c27-24-12-6-2-8-19(24)16-30-17-20(13-14-25(30)31)29-26(32)23-11-5-4-10-22(23)21-9-3-1-7-18(21)15-28/h1-14,17H,16H2,(H,29,32). The number of hydrogen-bond acceptors (Lipinski definition) is 3. The van der Waals surface area contributed by atoms with E-state index in [9.17, 15) is 14.9 Å². The largest absolute Gasteiger partial charge is 0.321 e. The summed E-state index contributed by atoms with van der Waals surface area (Å²) in [5.41, 5.74) is 3.34. The van der Waals surface area contributed by atoms with Crippen LogP contribution in [0, 0.1) is 11.3 Å². The third kappa shape index (κ3) is 4.46. The van der Waals surface area contributed by atoms with Crippen molar-refractivity contribution >= 4 is 23.2 Å². The Bertz CT molecular complexity index is 1400. The Morgan fingerprint density at radius 3 is 2.38 bits per heavy atom. The number of anilines is 1. The van der Waals surface area contributed by atoms with E-state index in [2.05, 4.69) is 11.4 Å². The Labute approximate surface area is 190 Å². The lowest BCUT2D eigenvalue weighted by Crippen LogP contribution is -2.21. The predicted octanol–water partition coefficient (Wildman–Crippen LogP) is 5.34. The molecule has 1 amide bonds. The van der Waals surface area contributed by atoms with Crippen molar-refractivity contribution in [3.63, 3.8) is 0 Å². The monoisotopic (exact) mass is 439 g/mol. The van der Waals surface area contributed by atoms with E-state index >= 15 is 0 Å². The lowest BCUT2D eigenvalue weighted by molar-refractivity contribution is 0.102. The maximum absolute atomic E-state index is 13.1. The van der Waals surface area contributed by atoms with Crippen molar-refractivity contribution in [2.45, 2.75) is 6.54 Å². The maximum atomic E-state index is 13.1. The molecule has 0 bridgehead atoms. The number of hydrogen-bond donors (Lipinski definition) is 1. The number of amides is 1. The van der Waals surface area contributed by atoms with Gasteiger partial charge in [-0.05, 0) is 35.4 Å². The van der Waals surface area contributed by atoms with Gasteiger partial charge in [0, 0.05) is 28.4 Å². The minimum absolute atomic E-state index is 0.203. The fourth-order valence-electron chi connectivity index (χ4n) is 3.47. The molecule has 156 valence electrons. The molecule has 0 saturated carbocycles. The second kappa shape index (κ2) is 9.34. The van der Waals surface area contributed by atoms with E-state index in [1.54, 1.807) is 42.6 Å². The lowest BCUT2D eigenvalue weighted by atomic mass is 9.95. The Morgan fingerprint density at radius 1 is 0.906 bits per heavy atom. The van der Waals surface area contributed by atoms with Crippen molar-refractivity contribution in [2.75, 3.05) is 5.32 Å². The molecule has 0 aliphatic heterocycles. The van der Waals surface area contributed by atoms with Crippen LogP contribution in [0.25, 0.3) is 11.1 Å². The van der Waals surface area contributed by atoms with Gasteiger partial charge in [-0.2, -0.15) is 5.26 Å². The molecule has 0 saturated heterocycles. The van der Waals surface area contributed by atoms with Gasteiger partial charge in [-0.1, -0.05) is 66.2 Å². The summed E-state index contributed by atoms with van der Waals surface area (Å²) in [6, 6.07) is 26.7. The first-order chi connectivity index (χ1) is 15.6. The first kappa shape index (κ1) is 21.1. The molecule has 1 aromatic heterocycles. The molecular weight excluding hydrogens is 422 g/mol. The van der Waals surface area contributed by atoms with Crippen LogP contribution in [0.4, 0.5) is 5.69 Å². The zero-order valence-electron chi connectivity index (χ0n) is 17.0. The molecule has 0 unspecified atom stereocenters. The smallest absolute Gasteiger partial charge is 0.256 e. The van der Waals surface area contributed by atoms with E-state index in [4.69, 9.17) is 11.6 Å². The van der Waals surface area contributed by atoms with Crippen LogP contribution in [0.15, 0.2) is 95.9 Å². The summed E-state index contributed by atoms with van der Waals surface area (Å²) in [4.78, 5) is 25.4. The van der Waals surface area contributed by atoms with E-state index in [1.165, 1.54) is 10.6 Å². The summed E-state index contributed by atoms with van der Waals surface area (Å²) in [5.74, 6) is -0.337. The third-order valence-corrected chi connectivity index (χ3v) is 5.42. The number of pyridine rings is 1. The van der Waals surface area contributed by atoms with Crippen LogP contribution in [0.5, 0.6) is 0 Å². The number of carbonyl (C=O) groups is 1. The van der Waals surface area contributed by atoms with Gasteiger partial charge in [-0.3, -0.25) is 9.59 Å². The highest BCUT2D eigenvalue weighted by molar-refractivity contribution is 6.31. The first-order valence-corrected chi connectivity index (χ1v) is 10.3. The fraction of sp³-hybridized carbons (Fsp3) is 0.0385. The predicted molar refractivity (Wildman–Crippen MR) is 126 cm³/mol. The van der Waals surface area contributed by atoms with Gasteiger partial charge in [0.1, 0.15) is 0 Å². The molecule has 1 N–H and O–H groups in total. The van der Waals surface area contributed by atoms with E-state index in [1.807, 2.05) is 42.5 Å². The molecule has 6 heteroatoms. The molecule has 0 fully saturated rings.